The smallest absolute Gasteiger partial charge is 0.357 e. The molecule has 0 aliphatic heterocycles. The predicted molar refractivity (Wildman–Crippen MR) is 107 cm³/mol. The van der Waals surface area contributed by atoms with E-state index in [4.69, 9.17) is 13.8 Å². The van der Waals surface area contributed by atoms with Gasteiger partial charge in [-0.15, -0.1) is 0 Å². The summed E-state index contributed by atoms with van der Waals surface area (Å²) in [4.78, 5) is 10.9. The highest BCUT2D eigenvalue weighted by Crippen LogP contribution is 2.62. The molecule has 1 atom stereocenters. The van der Waals surface area contributed by atoms with Gasteiger partial charge in [0.15, 0.2) is 5.78 Å². The molecule has 2 aromatic carbocycles. The number of nitrogens with zero attached hydrogens (tertiary/aromatic N) is 1. The summed E-state index contributed by atoms with van der Waals surface area (Å²) in [5.41, 5.74) is -0.224. The maximum atomic E-state index is 13.5. The lowest BCUT2D eigenvalue weighted by Crippen LogP contribution is -2.16. The Hall–Kier alpha value is -2.81. The third kappa shape index (κ3) is 5.17. The van der Waals surface area contributed by atoms with Gasteiger partial charge in [-0.1, -0.05) is 0 Å². The Balaban J connectivity index is 2.62. The Kier molecular flexibility index (Phi) is 7.44. The predicted octanol–water partition coefficient (Wildman–Crippen LogP) is 4.39. The number of methoxy groups -OCH3 is 1. The van der Waals surface area contributed by atoms with Gasteiger partial charge >= 0.3 is 7.60 Å². The normalized spacial score (nSPS) is 12.4. The number of nitrogens with one attached hydrogen (secondary N) is 1. The summed E-state index contributed by atoms with van der Waals surface area (Å²) < 4.78 is 29.3. The van der Waals surface area contributed by atoms with Crippen molar-refractivity contribution in [1.82, 2.24) is 0 Å². The van der Waals surface area contributed by atoms with Crippen LogP contribution in [0.3, 0.4) is 0 Å². The van der Waals surface area contributed by atoms with Crippen molar-refractivity contribution >= 4 is 19.0 Å². The molecule has 0 bridgehead atoms. The zero-order valence-electron chi connectivity index (χ0n) is 16.2. The lowest BCUT2D eigenvalue weighted by Gasteiger charge is -2.28. The number of rotatable bonds is 10. The first kappa shape index (κ1) is 22.5. The molecule has 2 rings (SSSR count). The molecule has 1 unspecified atom stereocenters. The molecule has 0 aromatic heterocycles. The topological polar surface area (TPSA) is 140 Å². The van der Waals surface area contributed by atoms with E-state index in [0.29, 0.717) is 0 Å². The molecule has 0 fully saturated rings. The van der Waals surface area contributed by atoms with Gasteiger partial charge in [-0.05, 0) is 38.1 Å². The van der Waals surface area contributed by atoms with Gasteiger partial charge in [0.05, 0.1) is 31.3 Å². The highest BCUT2D eigenvalue weighted by Gasteiger charge is 2.39. The first-order valence-electron chi connectivity index (χ1n) is 8.75. The van der Waals surface area contributed by atoms with E-state index in [9.17, 15) is 24.9 Å². The maximum Gasteiger partial charge on any atom is 0.357 e. The zero-order chi connectivity index (χ0) is 21.6. The van der Waals surface area contributed by atoms with Crippen LogP contribution in [0.15, 0.2) is 36.4 Å². The van der Waals surface area contributed by atoms with E-state index in [1.807, 2.05) is 0 Å². The summed E-state index contributed by atoms with van der Waals surface area (Å²) in [5, 5.41) is 34.2. The molecule has 158 valence electrons. The molecule has 0 amide bonds. The van der Waals surface area contributed by atoms with Crippen molar-refractivity contribution in [2.45, 2.75) is 19.6 Å². The van der Waals surface area contributed by atoms with Crippen molar-refractivity contribution in [2.24, 2.45) is 0 Å². The van der Waals surface area contributed by atoms with Crippen molar-refractivity contribution in [3.63, 3.8) is 0 Å². The van der Waals surface area contributed by atoms with Crippen LogP contribution in [0.25, 0.3) is 0 Å². The maximum absolute atomic E-state index is 13.5. The average Bonchev–Trinajstić information content (AvgIpc) is 2.67. The van der Waals surface area contributed by atoms with Crippen LogP contribution in [0.1, 0.15) is 25.2 Å². The molecular weight excluding hydrogens is 403 g/mol. The number of aromatic hydroxyl groups is 2. The van der Waals surface area contributed by atoms with Crippen LogP contribution >= 0.6 is 7.60 Å². The monoisotopic (exact) mass is 426 g/mol. The number of phenolic OH excluding ortho intramolecular Hbond substituents is 2. The third-order valence-electron chi connectivity index (χ3n) is 3.94. The second kappa shape index (κ2) is 9.60. The Bertz CT molecular complexity index is 911. The molecular formula is C18H23N2O8P. The summed E-state index contributed by atoms with van der Waals surface area (Å²) >= 11 is 0. The minimum absolute atomic E-state index is 0.0212. The highest BCUT2D eigenvalue weighted by molar-refractivity contribution is 7.54. The number of hydrogen-bond acceptors (Lipinski definition) is 9. The van der Waals surface area contributed by atoms with Crippen LogP contribution < -0.4 is 10.1 Å². The average molecular weight is 426 g/mol. The molecule has 0 saturated carbocycles. The quantitative estimate of drug-likeness (QED) is 0.286. The summed E-state index contributed by atoms with van der Waals surface area (Å²) in [6, 6.07) is 7.78. The Labute approximate surface area is 167 Å². The first-order chi connectivity index (χ1) is 13.8. The molecule has 0 saturated heterocycles. The fourth-order valence-corrected chi connectivity index (χ4v) is 4.64. The molecule has 0 heterocycles. The molecule has 0 aliphatic carbocycles. The standard InChI is InChI=1S/C18H23N2O8P/c1-4-27-29(25,28-5-2)18(14-8-6-12(21)10-17(14)22)19-15-9-7-13(26-3)11-16(15)20(23)24/h6-11,18-19,21-22H,4-5H2,1-3H3. The minimum atomic E-state index is -3.93. The van der Waals surface area contributed by atoms with Crippen LogP contribution in [0.2, 0.25) is 0 Å². The van der Waals surface area contributed by atoms with E-state index in [1.54, 1.807) is 13.8 Å². The molecule has 0 aliphatic rings. The lowest BCUT2D eigenvalue weighted by molar-refractivity contribution is -0.384. The minimum Gasteiger partial charge on any atom is -0.508 e. The summed E-state index contributed by atoms with van der Waals surface area (Å²) in [7, 11) is -2.56. The molecule has 2 aromatic rings. The van der Waals surface area contributed by atoms with Gasteiger partial charge in [0.25, 0.3) is 5.69 Å². The fourth-order valence-electron chi connectivity index (χ4n) is 2.70. The van der Waals surface area contributed by atoms with Gasteiger partial charge in [-0.3, -0.25) is 14.7 Å². The van der Waals surface area contributed by atoms with Crippen molar-refractivity contribution in [3.05, 3.63) is 52.1 Å². The highest BCUT2D eigenvalue weighted by atomic mass is 31.2. The van der Waals surface area contributed by atoms with E-state index in [1.165, 1.54) is 37.4 Å². The van der Waals surface area contributed by atoms with Crippen molar-refractivity contribution in [2.75, 3.05) is 25.6 Å². The van der Waals surface area contributed by atoms with Gasteiger partial charge in [0.1, 0.15) is 22.9 Å². The van der Waals surface area contributed by atoms with E-state index in [-0.39, 0.29) is 47.4 Å². The van der Waals surface area contributed by atoms with Crippen LogP contribution in [0.4, 0.5) is 11.4 Å². The zero-order valence-corrected chi connectivity index (χ0v) is 17.1. The van der Waals surface area contributed by atoms with Crippen molar-refractivity contribution in [3.8, 4) is 17.2 Å². The number of hydrogen-bond donors (Lipinski definition) is 3. The first-order valence-corrected chi connectivity index (χ1v) is 10.4. The van der Waals surface area contributed by atoms with Crippen LogP contribution in [-0.2, 0) is 13.6 Å². The van der Waals surface area contributed by atoms with Gasteiger partial charge in [-0.25, -0.2) is 0 Å². The Morgan fingerprint density at radius 1 is 1.14 bits per heavy atom. The van der Waals surface area contributed by atoms with Crippen LogP contribution in [0, 0.1) is 10.1 Å². The van der Waals surface area contributed by atoms with E-state index >= 15 is 0 Å². The summed E-state index contributed by atoms with van der Waals surface area (Å²) in [6.45, 7) is 3.32. The van der Waals surface area contributed by atoms with E-state index in [2.05, 4.69) is 5.32 Å². The fraction of sp³-hybridized carbons (Fsp3) is 0.333. The van der Waals surface area contributed by atoms with Crippen molar-refractivity contribution < 1.29 is 33.5 Å². The molecule has 3 N–H and O–H groups in total. The molecule has 11 heteroatoms. The van der Waals surface area contributed by atoms with Gasteiger partial charge in [0, 0.05) is 11.6 Å². The number of benzene rings is 2. The SMILES string of the molecule is CCOP(=O)(OCC)C(Nc1ccc(OC)cc1[N+](=O)[O-])c1ccc(O)cc1O. The van der Waals surface area contributed by atoms with Crippen LogP contribution in [0.5, 0.6) is 17.2 Å². The van der Waals surface area contributed by atoms with Crippen LogP contribution in [-0.4, -0.2) is 35.5 Å². The number of ether oxygens (including phenoxy) is 1. The lowest BCUT2D eigenvalue weighted by atomic mass is 10.1. The molecule has 0 radical (unpaired) electrons. The molecule has 10 nitrogen and oxygen atoms in total. The largest absolute Gasteiger partial charge is 0.508 e. The van der Waals surface area contributed by atoms with Gasteiger partial charge in [-0.2, -0.15) is 0 Å². The van der Waals surface area contributed by atoms with Crippen molar-refractivity contribution in [1.29, 1.82) is 0 Å². The third-order valence-corrected chi connectivity index (χ3v) is 6.21. The summed E-state index contributed by atoms with van der Waals surface area (Å²) in [6.07, 6.45) is 0. The number of nitro groups is 1. The second-order valence-electron chi connectivity index (χ2n) is 5.81. The summed E-state index contributed by atoms with van der Waals surface area (Å²) in [5.74, 6) is -1.60. The number of anilines is 1. The molecule has 0 spiro atoms. The molecule has 29 heavy (non-hydrogen) atoms. The number of nitro benzene ring substituents is 1. The number of phenols is 2. The van der Waals surface area contributed by atoms with E-state index in [0.717, 1.165) is 6.07 Å². The second-order valence-corrected chi connectivity index (χ2v) is 7.92. The Morgan fingerprint density at radius 2 is 1.79 bits per heavy atom. The Morgan fingerprint density at radius 3 is 2.31 bits per heavy atom. The van der Waals surface area contributed by atoms with Gasteiger partial charge < -0.3 is 29.3 Å². The van der Waals surface area contributed by atoms with Gasteiger partial charge in [0.2, 0.25) is 0 Å². The van der Waals surface area contributed by atoms with E-state index < -0.39 is 18.3 Å².